The van der Waals surface area contributed by atoms with Crippen molar-refractivity contribution in [3.63, 3.8) is 0 Å². The van der Waals surface area contributed by atoms with Crippen LogP contribution in [0.25, 0.3) is 6.08 Å². The van der Waals surface area contributed by atoms with Crippen molar-refractivity contribution < 1.29 is 19.0 Å². The highest BCUT2D eigenvalue weighted by Crippen LogP contribution is 2.40. The van der Waals surface area contributed by atoms with Crippen molar-refractivity contribution in [2.24, 2.45) is 0 Å². The monoisotopic (exact) mass is 406 g/mol. The molecule has 1 aliphatic rings. The Bertz CT molecular complexity index is 1030. The van der Waals surface area contributed by atoms with Gasteiger partial charge in [0.1, 0.15) is 25.9 Å². The molecule has 1 aliphatic heterocycles. The smallest absolute Gasteiger partial charge is 0.244 e. The number of hydrogen-bond donors (Lipinski definition) is 1. The molecule has 0 bridgehead atoms. The highest BCUT2D eigenvalue weighted by Gasteiger charge is 2.17. The maximum absolute atomic E-state index is 12.3. The number of carbonyl (C=O) groups is 1. The van der Waals surface area contributed by atoms with Crippen molar-refractivity contribution in [3.05, 3.63) is 71.8 Å². The van der Waals surface area contributed by atoms with Crippen molar-refractivity contribution in [1.29, 1.82) is 0 Å². The third-order valence-corrected chi connectivity index (χ3v) is 4.65. The van der Waals surface area contributed by atoms with Crippen LogP contribution in [0.3, 0.4) is 0 Å². The van der Waals surface area contributed by atoms with Crippen LogP contribution in [0.1, 0.15) is 16.7 Å². The van der Waals surface area contributed by atoms with Crippen LogP contribution in [0.4, 0.5) is 0 Å². The zero-order valence-corrected chi connectivity index (χ0v) is 16.6. The second-order valence-electron chi connectivity index (χ2n) is 6.66. The summed E-state index contributed by atoms with van der Waals surface area (Å²) >= 11 is 0. The first-order chi connectivity index (χ1) is 14.7. The predicted molar refractivity (Wildman–Crippen MR) is 110 cm³/mol. The number of amides is 1. The van der Waals surface area contributed by atoms with E-state index in [1.165, 1.54) is 12.4 Å². The summed E-state index contributed by atoms with van der Waals surface area (Å²) in [5.41, 5.74) is 2.89. The van der Waals surface area contributed by atoms with E-state index in [0.717, 1.165) is 16.7 Å². The summed E-state index contributed by atoms with van der Waals surface area (Å²) in [5, 5.41) is 7.06. The Morgan fingerprint density at radius 1 is 1.23 bits per heavy atom. The number of benzene rings is 2. The molecule has 1 amide bonds. The summed E-state index contributed by atoms with van der Waals surface area (Å²) in [7, 11) is 1.57. The van der Waals surface area contributed by atoms with E-state index >= 15 is 0 Å². The van der Waals surface area contributed by atoms with Crippen molar-refractivity contribution in [1.82, 2.24) is 20.1 Å². The molecule has 2 heterocycles. The van der Waals surface area contributed by atoms with Crippen molar-refractivity contribution in [2.75, 3.05) is 20.3 Å². The lowest BCUT2D eigenvalue weighted by atomic mass is 10.1. The number of rotatable bonds is 7. The molecule has 0 saturated heterocycles. The molecule has 0 aliphatic carbocycles. The molecule has 0 atom stereocenters. The number of fused-ring (bicyclic) bond motifs is 1. The third kappa shape index (κ3) is 4.60. The molecule has 0 radical (unpaired) electrons. The van der Waals surface area contributed by atoms with Crippen molar-refractivity contribution in [2.45, 2.75) is 13.1 Å². The Hall–Kier alpha value is -3.81. The van der Waals surface area contributed by atoms with Crippen molar-refractivity contribution >= 4 is 12.0 Å². The standard InChI is InChI=1S/C22H22N4O4/c1-28-19-10-16(11-20-22(19)30-9-8-29-20)6-7-21(27)24-12-17-4-2-3-5-18(17)13-26-15-23-14-25-26/h2-7,10-11,14-15H,8-9,12-13H2,1H3,(H,24,27)/b7-6+. The number of hydrogen-bond acceptors (Lipinski definition) is 6. The van der Waals surface area contributed by atoms with E-state index < -0.39 is 0 Å². The first kappa shape index (κ1) is 19.5. The van der Waals surface area contributed by atoms with Gasteiger partial charge in [0.25, 0.3) is 0 Å². The van der Waals surface area contributed by atoms with E-state index in [4.69, 9.17) is 14.2 Å². The van der Waals surface area contributed by atoms with Gasteiger partial charge in [-0.25, -0.2) is 9.67 Å². The van der Waals surface area contributed by atoms with Gasteiger partial charge < -0.3 is 19.5 Å². The zero-order chi connectivity index (χ0) is 20.8. The quantitative estimate of drug-likeness (QED) is 0.607. The summed E-state index contributed by atoms with van der Waals surface area (Å²) in [5.74, 6) is 1.59. The minimum absolute atomic E-state index is 0.195. The molecule has 8 heteroatoms. The van der Waals surface area contributed by atoms with Crippen LogP contribution in [0.2, 0.25) is 0 Å². The van der Waals surface area contributed by atoms with Crippen LogP contribution in [-0.4, -0.2) is 41.0 Å². The van der Waals surface area contributed by atoms with Gasteiger partial charge in [0, 0.05) is 12.6 Å². The van der Waals surface area contributed by atoms with Gasteiger partial charge in [-0.3, -0.25) is 4.79 Å². The second kappa shape index (κ2) is 9.13. The number of nitrogens with zero attached hydrogens (tertiary/aromatic N) is 3. The fourth-order valence-electron chi connectivity index (χ4n) is 3.18. The van der Waals surface area contributed by atoms with Crippen molar-refractivity contribution in [3.8, 4) is 17.2 Å². The Balaban J connectivity index is 1.40. The number of nitrogens with one attached hydrogen (secondary N) is 1. The topological polar surface area (TPSA) is 87.5 Å². The lowest BCUT2D eigenvalue weighted by Crippen LogP contribution is -2.21. The van der Waals surface area contributed by atoms with Gasteiger partial charge in [-0.05, 0) is 34.9 Å². The Morgan fingerprint density at radius 2 is 2.07 bits per heavy atom. The van der Waals surface area contributed by atoms with Gasteiger partial charge in [-0.2, -0.15) is 5.10 Å². The molecular weight excluding hydrogens is 384 g/mol. The lowest BCUT2D eigenvalue weighted by molar-refractivity contribution is -0.116. The zero-order valence-electron chi connectivity index (χ0n) is 16.6. The van der Waals surface area contributed by atoms with E-state index in [9.17, 15) is 4.79 Å². The van der Waals surface area contributed by atoms with E-state index in [0.29, 0.717) is 43.6 Å². The van der Waals surface area contributed by atoms with Crippen LogP contribution in [0.15, 0.2) is 55.1 Å². The van der Waals surface area contributed by atoms with Gasteiger partial charge in [0.2, 0.25) is 11.7 Å². The van der Waals surface area contributed by atoms with Crippen LogP contribution < -0.4 is 19.5 Å². The first-order valence-electron chi connectivity index (χ1n) is 9.55. The van der Waals surface area contributed by atoms with E-state index in [1.54, 1.807) is 24.2 Å². The second-order valence-corrected chi connectivity index (χ2v) is 6.66. The van der Waals surface area contributed by atoms with Crippen LogP contribution >= 0.6 is 0 Å². The minimum Gasteiger partial charge on any atom is -0.493 e. The summed E-state index contributed by atoms with van der Waals surface area (Å²) in [6.07, 6.45) is 6.38. The van der Waals surface area contributed by atoms with E-state index in [1.807, 2.05) is 36.4 Å². The maximum Gasteiger partial charge on any atom is 0.244 e. The normalized spacial score (nSPS) is 12.7. The molecule has 4 rings (SSSR count). The molecule has 0 saturated carbocycles. The molecule has 8 nitrogen and oxygen atoms in total. The predicted octanol–water partition coefficient (Wildman–Crippen LogP) is 2.44. The third-order valence-electron chi connectivity index (χ3n) is 4.65. The maximum atomic E-state index is 12.3. The molecule has 3 aromatic rings. The van der Waals surface area contributed by atoms with Crippen LogP contribution in [0.5, 0.6) is 17.2 Å². The highest BCUT2D eigenvalue weighted by molar-refractivity contribution is 5.91. The number of ether oxygens (including phenoxy) is 3. The largest absolute Gasteiger partial charge is 0.493 e. The van der Waals surface area contributed by atoms with Gasteiger partial charge in [-0.15, -0.1) is 0 Å². The molecule has 0 unspecified atom stereocenters. The SMILES string of the molecule is COc1cc(/C=C/C(=O)NCc2ccccc2Cn2cncn2)cc2c1OCCO2. The van der Waals surface area contributed by atoms with E-state index in [2.05, 4.69) is 15.4 Å². The van der Waals surface area contributed by atoms with Crippen LogP contribution in [0, 0.1) is 0 Å². The minimum atomic E-state index is -0.195. The number of aromatic nitrogens is 3. The molecule has 0 fully saturated rings. The number of carbonyl (C=O) groups excluding carboxylic acids is 1. The van der Waals surface area contributed by atoms with Crippen LogP contribution in [-0.2, 0) is 17.9 Å². The molecule has 1 aromatic heterocycles. The first-order valence-corrected chi connectivity index (χ1v) is 9.55. The molecular formula is C22H22N4O4. The average Bonchev–Trinajstić information content (AvgIpc) is 3.29. The molecule has 0 spiro atoms. The Kier molecular flexibility index (Phi) is 5.93. The highest BCUT2D eigenvalue weighted by atomic mass is 16.6. The molecule has 2 aromatic carbocycles. The number of methoxy groups -OCH3 is 1. The van der Waals surface area contributed by atoms with Gasteiger partial charge in [-0.1, -0.05) is 24.3 Å². The Labute approximate surface area is 174 Å². The molecule has 154 valence electrons. The summed E-state index contributed by atoms with van der Waals surface area (Å²) in [4.78, 5) is 16.3. The summed E-state index contributed by atoms with van der Waals surface area (Å²) in [6, 6.07) is 11.6. The lowest BCUT2D eigenvalue weighted by Gasteiger charge is -2.20. The van der Waals surface area contributed by atoms with Gasteiger partial charge in [0.15, 0.2) is 11.5 Å². The molecule has 1 N–H and O–H groups in total. The van der Waals surface area contributed by atoms with Gasteiger partial charge >= 0.3 is 0 Å². The summed E-state index contributed by atoms with van der Waals surface area (Å²) < 4.78 is 18.3. The average molecular weight is 406 g/mol. The Morgan fingerprint density at radius 3 is 2.87 bits per heavy atom. The van der Waals surface area contributed by atoms with Gasteiger partial charge in [0.05, 0.1) is 13.7 Å². The summed E-state index contributed by atoms with van der Waals surface area (Å²) in [6.45, 7) is 1.98. The fourth-order valence-corrected chi connectivity index (χ4v) is 3.18. The fraction of sp³-hybridized carbons (Fsp3) is 0.227. The molecule has 30 heavy (non-hydrogen) atoms. The van der Waals surface area contributed by atoms with E-state index in [-0.39, 0.29) is 5.91 Å².